The molecule has 0 amide bonds. The van der Waals surface area contributed by atoms with Gasteiger partial charge >= 0.3 is 0 Å². The second-order valence-electron chi connectivity index (χ2n) is 6.44. The third-order valence-electron chi connectivity index (χ3n) is 4.09. The summed E-state index contributed by atoms with van der Waals surface area (Å²) in [5.41, 5.74) is 0. The van der Waals surface area contributed by atoms with Gasteiger partial charge in [0, 0.05) is 6.42 Å². The fourth-order valence-corrected chi connectivity index (χ4v) is 2.66. The highest BCUT2D eigenvalue weighted by Crippen LogP contribution is 2.10. The molecular weight excluding hydrogens is 258 g/mol. The summed E-state index contributed by atoms with van der Waals surface area (Å²) in [6.07, 6.45) is 18.4. The summed E-state index contributed by atoms with van der Waals surface area (Å²) in [5, 5.41) is 3.48. The third kappa shape index (κ3) is 19.6. The molecule has 0 aliphatic carbocycles. The minimum atomic E-state index is 0.320. The Morgan fingerprint density at radius 1 is 0.667 bits per heavy atom. The van der Waals surface area contributed by atoms with Gasteiger partial charge in [-0.3, -0.25) is 0 Å². The summed E-state index contributed by atoms with van der Waals surface area (Å²) < 4.78 is 0. The van der Waals surface area contributed by atoms with Crippen LogP contribution >= 0.6 is 0 Å². The largest absolute Gasteiger partial charge is 0.317 e. The van der Waals surface area contributed by atoms with Crippen molar-refractivity contribution in [2.24, 2.45) is 0 Å². The maximum Gasteiger partial charge on any atom is 0.129 e. The molecule has 0 aromatic heterocycles. The summed E-state index contributed by atoms with van der Waals surface area (Å²) in [4.78, 5) is 10.8. The zero-order valence-electron chi connectivity index (χ0n) is 14.7. The van der Waals surface area contributed by atoms with Crippen molar-refractivity contribution in [3.63, 3.8) is 0 Å². The van der Waals surface area contributed by atoms with Crippen LogP contribution < -0.4 is 5.32 Å². The Morgan fingerprint density at radius 2 is 1.10 bits per heavy atom. The number of hydrogen-bond donors (Lipinski definition) is 1. The average molecular weight is 298 g/mol. The predicted molar refractivity (Wildman–Crippen MR) is 93.9 cm³/mol. The van der Waals surface area contributed by atoms with Crippen molar-refractivity contribution < 1.29 is 4.79 Å². The van der Waals surface area contributed by atoms with Gasteiger partial charge in [-0.05, 0) is 39.3 Å². The van der Waals surface area contributed by atoms with Crippen molar-refractivity contribution in [3.05, 3.63) is 0 Å². The third-order valence-corrected chi connectivity index (χ3v) is 4.09. The van der Waals surface area contributed by atoms with Crippen LogP contribution in [0.25, 0.3) is 0 Å². The number of hydrogen-bond acceptors (Lipinski definition) is 2. The highest BCUT2D eigenvalue weighted by molar-refractivity contribution is 5.75. The first-order valence-corrected chi connectivity index (χ1v) is 9.47. The van der Waals surface area contributed by atoms with Crippen molar-refractivity contribution in [1.82, 2.24) is 5.32 Å². The maximum absolute atomic E-state index is 10.8. The highest BCUT2D eigenvalue weighted by atomic mass is 16.1. The number of carbonyl (C=O) groups excluding carboxylic acids is 1. The Labute approximate surface area is 133 Å². The van der Waals surface area contributed by atoms with E-state index in [9.17, 15) is 4.79 Å². The van der Waals surface area contributed by atoms with E-state index in [1.165, 1.54) is 70.6 Å². The molecule has 0 aliphatic heterocycles. The standard InChI is InChI=1S/C19H39NO/c1-3-4-5-6-7-8-9-10-11-12-14-17-20-18-15-13-16-19(2)21/h20H,3-18H2,1-2H3. The molecule has 2 heteroatoms. The van der Waals surface area contributed by atoms with Crippen LogP contribution in [0, 0.1) is 0 Å². The van der Waals surface area contributed by atoms with Gasteiger partial charge in [0.2, 0.25) is 0 Å². The Hall–Kier alpha value is -0.370. The molecule has 0 radical (unpaired) electrons. The molecule has 0 spiro atoms. The molecule has 0 atom stereocenters. The molecule has 0 saturated heterocycles. The van der Waals surface area contributed by atoms with Crippen LogP contribution in [-0.2, 0) is 4.79 Å². The molecule has 0 heterocycles. The van der Waals surface area contributed by atoms with E-state index in [2.05, 4.69) is 12.2 Å². The molecular formula is C19H39NO. The van der Waals surface area contributed by atoms with E-state index in [-0.39, 0.29) is 0 Å². The second kappa shape index (κ2) is 17.7. The van der Waals surface area contributed by atoms with E-state index in [0.29, 0.717) is 5.78 Å². The summed E-state index contributed by atoms with van der Waals surface area (Å²) in [6.45, 7) is 6.18. The van der Waals surface area contributed by atoms with Crippen LogP contribution in [0.1, 0.15) is 104 Å². The Kier molecular flexibility index (Phi) is 17.4. The van der Waals surface area contributed by atoms with Gasteiger partial charge in [0.15, 0.2) is 0 Å². The van der Waals surface area contributed by atoms with Crippen LogP contribution in [0.15, 0.2) is 0 Å². The summed E-state index contributed by atoms with van der Waals surface area (Å²) >= 11 is 0. The van der Waals surface area contributed by atoms with Crippen molar-refractivity contribution in [1.29, 1.82) is 0 Å². The van der Waals surface area contributed by atoms with E-state index >= 15 is 0 Å². The highest BCUT2D eigenvalue weighted by Gasteiger charge is 1.95. The van der Waals surface area contributed by atoms with E-state index < -0.39 is 0 Å². The Morgan fingerprint density at radius 3 is 1.57 bits per heavy atom. The molecule has 126 valence electrons. The number of nitrogens with one attached hydrogen (secondary N) is 1. The second-order valence-corrected chi connectivity index (χ2v) is 6.44. The van der Waals surface area contributed by atoms with Gasteiger partial charge in [-0.2, -0.15) is 0 Å². The van der Waals surface area contributed by atoms with E-state index in [4.69, 9.17) is 0 Å². The van der Waals surface area contributed by atoms with Crippen LogP contribution in [0.4, 0.5) is 0 Å². The number of ketones is 1. The lowest BCUT2D eigenvalue weighted by molar-refractivity contribution is -0.117. The molecule has 0 rings (SSSR count). The molecule has 0 aromatic rings. The molecule has 2 nitrogen and oxygen atoms in total. The fourth-order valence-electron chi connectivity index (χ4n) is 2.66. The first-order chi connectivity index (χ1) is 10.3. The predicted octanol–water partition coefficient (Wildman–Crippen LogP) is 5.65. The van der Waals surface area contributed by atoms with Crippen molar-refractivity contribution in [2.45, 2.75) is 104 Å². The first kappa shape index (κ1) is 20.6. The monoisotopic (exact) mass is 297 g/mol. The number of rotatable bonds is 17. The topological polar surface area (TPSA) is 29.1 Å². The van der Waals surface area contributed by atoms with Crippen LogP contribution in [0.2, 0.25) is 0 Å². The molecule has 21 heavy (non-hydrogen) atoms. The molecule has 0 aromatic carbocycles. The first-order valence-electron chi connectivity index (χ1n) is 9.47. The number of unbranched alkanes of at least 4 members (excludes halogenated alkanes) is 11. The molecule has 0 fully saturated rings. The molecule has 0 aliphatic rings. The molecule has 0 saturated carbocycles. The van der Waals surface area contributed by atoms with Crippen LogP contribution in [0.5, 0.6) is 0 Å². The van der Waals surface area contributed by atoms with Crippen LogP contribution in [0.3, 0.4) is 0 Å². The smallest absolute Gasteiger partial charge is 0.129 e. The van der Waals surface area contributed by atoms with Gasteiger partial charge in [-0.15, -0.1) is 0 Å². The quantitative estimate of drug-likeness (QED) is 0.352. The zero-order chi connectivity index (χ0) is 15.6. The van der Waals surface area contributed by atoms with Crippen LogP contribution in [-0.4, -0.2) is 18.9 Å². The lowest BCUT2D eigenvalue weighted by Crippen LogP contribution is -2.16. The Bertz CT molecular complexity index is 216. The van der Waals surface area contributed by atoms with Gasteiger partial charge in [0.1, 0.15) is 5.78 Å². The lowest BCUT2D eigenvalue weighted by Gasteiger charge is -2.05. The van der Waals surface area contributed by atoms with Gasteiger partial charge < -0.3 is 10.1 Å². The summed E-state index contributed by atoms with van der Waals surface area (Å²) in [7, 11) is 0. The zero-order valence-corrected chi connectivity index (χ0v) is 14.7. The number of carbonyl (C=O) groups is 1. The average Bonchev–Trinajstić information content (AvgIpc) is 2.46. The SMILES string of the molecule is CCCCCCCCCCCCCNCCCCC(C)=O. The normalized spacial score (nSPS) is 11.0. The molecule has 1 N–H and O–H groups in total. The molecule has 0 unspecified atom stereocenters. The minimum Gasteiger partial charge on any atom is -0.317 e. The summed E-state index contributed by atoms with van der Waals surface area (Å²) in [6, 6.07) is 0. The van der Waals surface area contributed by atoms with E-state index in [1.54, 1.807) is 6.92 Å². The minimum absolute atomic E-state index is 0.320. The summed E-state index contributed by atoms with van der Waals surface area (Å²) in [5.74, 6) is 0.320. The van der Waals surface area contributed by atoms with Gasteiger partial charge in [0.05, 0.1) is 0 Å². The van der Waals surface area contributed by atoms with Crippen molar-refractivity contribution in [2.75, 3.05) is 13.1 Å². The lowest BCUT2D eigenvalue weighted by atomic mass is 10.1. The maximum atomic E-state index is 10.8. The molecule has 0 bridgehead atoms. The number of Topliss-reactive ketones (excluding diaryl/α,β-unsaturated/α-hetero) is 1. The van der Waals surface area contributed by atoms with Gasteiger partial charge in [-0.25, -0.2) is 0 Å². The van der Waals surface area contributed by atoms with Crippen molar-refractivity contribution in [3.8, 4) is 0 Å². The van der Waals surface area contributed by atoms with E-state index in [1.807, 2.05) is 0 Å². The Balaban J connectivity index is 2.95. The fraction of sp³-hybridized carbons (Fsp3) is 0.947. The van der Waals surface area contributed by atoms with Gasteiger partial charge in [0.25, 0.3) is 0 Å². The van der Waals surface area contributed by atoms with Gasteiger partial charge in [-0.1, -0.05) is 71.1 Å². The van der Waals surface area contributed by atoms with Crippen molar-refractivity contribution >= 4 is 5.78 Å². The van der Waals surface area contributed by atoms with E-state index in [0.717, 1.165) is 32.4 Å².